The summed E-state index contributed by atoms with van der Waals surface area (Å²) in [7, 11) is 0. The van der Waals surface area contributed by atoms with E-state index in [0.29, 0.717) is 32.8 Å². The SMILES string of the molecule is CCC(C)n1ncn(-c2ccc(NCCNc3ccc(OC[C@@H]4CO[C@@](Cn5nccn5)(c5ccc(CN)cc5)O4)cc3)cc2)c1=O. The lowest BCUT2D eigenvalue weighted by Crippen LogP contribution is -2.35. The number of rotatable bonds is 15. The van der Waals surface area contributed by atoms with Gasteiger partial charge in [0.25, 0.3) is 0 Å². The van der Waals surface area contributed by atoms with Gasteiger partial charge in [-0.25, -0.2) is 14.0 Å². The highest BCUT2D eigenvalue weighted by Crippen LogP contribution is 2.36. The minimum atomic E-state index is -1.03. The smallest absolute Gasteiger partial charge is 0.350 e. The molecular formula is C34H41N9O4. The molecule has 3 aromatic carbocycles. The quantitative estimate of drug-likeness (QED) is 0.144. The first-order valence-corrected chi connectivity index (χ1v) is 15.9. The predicted molar refractivity (Wildman–Crippen MR) is 179 cm³/mol. The molecule has 0 spiro atoms. The topological polar surface area (TPSA) is 148 Å². The second kappa shape index (κ2) is 14.6. The Bertz CT molecular complexity index is 1750. The van der Waals surface area contributed by atoms with E-state index in [-0.39, 0.29) is 17.8 Å². The highest BCUT2D eigenvalue weighted by molar-refractivity contribution is 5.50. The van der Waals surface area contributed by atoms with Gasteiger partial charge in [0.05, 0.1) is 30.7 Å². The fourth-order valence-electron chi connectivity index (χ4n) is 5.36. The first kappa shape index (κ1) is 32.0. The van der Waals surface area contributed by atoms with Crippen molar-refractivity contribution in [1.82, 2.24) is 29.3 Å². The molecule has 47 heavy (non-hydrogen) atoms. The summed E-state index contributed by atoms with van der Waals surface area (Å²) in [5.74, 6) is -0.286. The summed E-state index contributed by atoms with van der Waals surface area (Å²) in [5.41, 5.74) is 10.3. The van der Waals surface area contributed by atoms with E-state index >= 15 is 0 Å². The lowest BCUT2D eigenvalue weighted by atomic mass is 10.0. The molecule has 1 fully saturated rings. The zero-order valence-corrected chi connectivity index (χ0v) is 26.7. The normalized spacial score (nSPS) is 18.2. The van der Waals surface area contributed by atoms with Gasteiger partial charge in [-0.1, -0.05) is 31.2 Å². The second-order valence-corrected chi connectivity index (χ2v) is 11.5. The van der Waals surface area contributed by atoms with Crippen LogP contribution in [0.15, 0.2) is 96.3 Å². The van der Waals surface area contributed by atoms with E-state index in [1.807, 2.05) is 86.6 Å². The molecular weight excluding hydrogens is 598 g/mol. The fraction of sp³-hybridized carbons (Fsp3) is 0.353. The van der Waals surface area contributed by atoms with Gasteiger partial charge >= 0.3 is 5.69 Å². The van der Waals surface area contributed by atoms with Crippen LogP contribution in [0.4, 0.5) is 11.4 Å². The number of ether oxygens (including phenoxy) is 3. The van der Waals surface area contributed by atoms with Crippen LogP contribution in [0, 0.1) is 0 Å². The average molecular weight is 640 g/mol. The number of hydrogen-bond donors (Lipinski definition) is 3. The average Bonchev–Trinajstić information content (AvgIpc) is 3.87. The molecule has 6 rings (SSSR count). The maximum absolute atomic E-state index is 12.7. The number of benzene rings is 3. The van der Waals surface area contributed by atoms with Crippen molar-refractivity contribution >= 4 is 11.4 Å². The Labute approximate surface area is 273 Å². The third kappa shape index (κ3) is 7.54. The lowest BCUT2D eigenvalue weighted by molar-refractivity contribution is -0.192. The molecule has 1 aliphatic rings. The zero-order valence-electron chi connectivity index (χ0n) is 26.7. The summed E-state index contributed by atoms with van der Waals surface area (Å²) in [6, 6.07) is 23.6. The number of nitrogens with zero attached hydrogens (tertiary/aromatic N) is 6. The predicted octanol–water partition coefficient (Wildman–Crippen LogP) is 3.93. The molecule has 13 heteroatoms. The van der Waals surface area contributed by atoms with Gasteiger partial charge in [-0.15, -0.1) is 0 Å². The van der Waals surface area contributed by atoms with Gasteiger partial charge in [0.2, 0.25) is 5.79 Å². The number of nitrogens with two attached hydrogens (primary N) is 1. The number of aromatic nitrogens is 6. The first-order valence-electron chi connectivity index (χ1n) is 15.9. The highest BCUT2D eigenvalue weighted by atomic mass is 16.8. The monoisotopic (exact) mass is 639 g/mol. The van der Waals surface area contributed by atoms with Crippen LogP contribution in [0.5, 0.6) is 5.75 Å². The molecule has 13 nitrogen and oxygen atoms in total. The van der Waals surface area contributed by atoms with Crippen molar-refractivity contribution in [1.29, 1.82) is 0 Å². The summed E-state index contributed by atoms with van der Waals surface area (Å²) in [6.45, 7) is 6.94. The maximum Gasteiger partial charge on any atom is 0.350 e. The second-order valence-electron chi connectivity index (χ2n) is 11.5. The fourth-order valence-corrected chi connectivity index (χ4v) is 5.36. The van der Waals surface area contributed by atoms with Crippen molar-refractivity contribution in [2.24, 2.45) is 5.73 Å². The highest BCUT2D eigenvalue weighted by Gasteiger charge is 2.44. The van der Waals surface area contributed by atoms with Gasteiger partial charge in [0.1, 0.15) is 31.3 Å². The number of nitrogens with one attached hydrogen (secondary N) is 2. The molecule has 1 saturated heterocycles. The summed E-state index contributed by atoms with van der Waals surface area (Å²) in [5, 5.41) is 19.6. The largest absolute Gasteiger partial charge is 0.491 e. The summed E-state index contributed by atoms with van der Waals surface area (Å²) in [4.78, 5) is 14.2. The van der Waals surface area contributed by atoms with Crippen LogP contribution >= 0.6 is 0 Å². The molecule has 2 aromatic heterocycles. The van der Waals surface area contributed by atoms with E-state index in [9.17, 15) is 4.79 Å². The van der Waals surface area contributed by atoms with Crippen LogP contribution in [-0.2, 0) is 28.4 Å². The van der Waals surface area contributed by atoms with Crippen LogP contribution in [0.2, 0.25) is 0 Å². The third-order valence-corrected chi connectivity index (χ3v) is 8.23. The number of anilines is 2. The zero-order chi connectivity index (χ0) is 32.6. The standard InChI is InChI=1S/C34H41N9O4/c1-3-25(2)43-33(44)41(24-40-43)30-12-8-28(9-13-30)36-16-17-37-29-10-14-31(15-11-29)45-21-32-22-46-34(47-32,23-42-38-18-19-39-42)27-6-4-26(20-35)5-7-27/h4-15,18-19,24-25,32,36-37H,3,16-17,20-23,35H2,1-2H3/t25?,32-,34-/m1/s1. The van der Waals surface area contributed by atoms with E-state index in [4.69, 9.17) is 19.9 Å². The first-order chi connectivity index (χ1) is 23.0. The lowest BCUT2D eigenvalue weighted by Gasteiger charge is -2.28. The van der Waals surface area contributed by atoms with Crippen molar-refractivity contribution in [2.75, 3.05) is 36.9 Å². The third-order valence-electron chi connectivity index (χ3n) is 8.23. The van der Waals surface area contributed by atoms with Crippen LogP contribution in [0.3, 0.4) is 0 Å². The van der Waals surface area contributed by atoms with Gasteiger partial charge in [0, 0.05) is 36.6 Å². The van der Waals surface area contributed by atoms with E-state index in [0.717, 1.165) is 46.9 Å². The minimum Gasteiger partial charge on any atom is -0.491 e. The van der Waals surface area contributed by atoms with E-state index in [1.54, 1.807) is 28.1 Å². The Hall–Kier alpha value is -4.98. The Morgan fingerprint density at radius 3 is 2.26 bits per heavy atom. The van der Waals surface area contributed by atoms with Crippen LogP contribution in [0.25, 0.3) is 5.69 Å². The Morgan fingerprint density at radius 2 is 1.62 bits per heavy atom. The Balaban J connectivity index is 0.958. The molecule has 4 N–H and O–H groups in total. The van der Waals surface area contributed by atoms with Gasteiger partial charge in [-0.3, -0.25) is 0 Å². The van der Waals surface area contributed by atoms with Gasteiger partial charge in [-0.2, -0.15) is 20.1 Å². The molecule has 0 aliphatic carbocycles. The number of hydrogen-bond acceptors (Lipinski definition) is 10. The Morgan fingerprint density at radius 1 is 0.957 bits per heavy atom. The molecule has 0 amide bonds. The summed E-state index contributed by atoms with van der Waals surface area (Å²) < 4.78 is 21.9. The van der Waals surface area contributed by atoms with Crippen molar-refractivity contribution in [3.63, 3.8) is 0 Å². The molecule has 3 heterocycles. The van der Waals surface area contributed by atoms with Crippen LogP contribution in [-0.4, -0.2) is 61.7 Å². The molecule has 0 bridgehead atoms. The Kier molecular flexibility index (Phi) is 9.95. The van der Waals surface area contributed by atoms with Crippen molar-refractivity contribution in [3.05, 3.63) is 113 Å². The van der Waals surface area contributed by atoms with E-state index in [1.165, 1.54) is 4.68 Å². The molecule has 5 aromatic rings. The van der Waals surface area contributed by atoms with Crippen LogP contribution in [0.1, 0.15) is 37.4 Å². The molecule has 3 atom stereocenters. The molecule has 0 saturated carbocycles. The maximum atomic E-state index is 12.7. The summed E-state index contributed by atoms with van der Waals surface area (Å²) >= 11 is 0. The minimum absolute atomic E-state index is 0.0621. The van der Waals surface area contributed by atoms with Crippen LogP contribution < -0.4 is 26.8 Å². The van der Waals surface area contributed by atoms with Gasteiger partial charge < -0.3 is 30.6 Å². The van der Waals surface area contributed by atoms with Crippen molar-refractivity contribution in [3.8, 4) is 11.4 Å². The van der Waals surface area contributed by atoms with E-state index < -0.39 is 5.79 Å². The molecule has 246 valence electrons. The van der Waals surface area contributed by atoms with Gasteiger partial charge in [0.15, 0.2) is 0 Å². The summed E-state index contributed by atoms with van der Waals surface area (Å²) in [6.07, 6.45) is 5.40. The van der Waals surface area contributed by atoms with Crippen molar-refractivity contribution < 1.29 is 14.2 Å². The molecule has 0 radical (unpaired) electrons. The van der Waals surface area contributed by atoms with Gasteiger partial charge in [-0.05, 0) is 67.4 Å². The molecule has 1 aliphatic heterocycles. The molecule has 1 unspecified atom stereocenters. The van der Waals surface area contributed by atoms with E-state index in [2.05, 4.69) is 25.9 Å². The van der Waals surface area contributed by atoms with Crippen molar-refractivity contribution in [2.45, 2.75) is 51.3 Å².